The molecule has 0 bridgehead atoms. The summed E-state index contributed by atoms with van der Waals surface area (Å²) in [6.45, 7) is 2.15. The van der Waals surface area contributed by atoms with Gasteiger partial charge in [0.05, 0.1) is 29.3 Å². The minimum absolute atomic E-state index is 0.0757. The van der Waals surface area contributed by atoms with Crippen LogP contribution >= 0.6 is 23.2 Å². The zero-order chi connectivity index (χ0) is 9.97. The molecule has 2 heterocycles. The molecule has 1 atom stereocenters. The van der Waals surface area contributed by atoms with Gasteiger partial charge in [-0.1, -0.05) is 23.2 Å². The summed E-state index contributed by atoms with van der Waals surface area (Å²) in [6.07, 6.45) is 3.19. The maximum Gasteiger partial charge on any atom is 0.0663 e. The maximum absolute atomic E-state index is 6.02. The summed E-state index contributed by atoms with van der Waals surface area (Å²) in [4.78, 5) is 3.91. The Hall–Kier alpha value is -0.350. The van der Waals surface area contributed by atoms with Gasteiger partial charge in [-0.3, -0.25) is 4.98 Å². The first-order valence-electron chi connectivity index (χ1n) is 4.39. The van der Waals surface area contributed by atoms with E-state index in [1.807, 2.05) is 0 Å². The highest BCUT2D eigenvalue weighted by Gasteiger charge is 2.20. The van der Waals surface area contributed by atoms with Crippen LogP contribution in [0.1, 0.15) is 11.6 Å². The molecule has 1 N–H and O–H groups in total. The normalized spacial score (nSPS) is 22.3. The summed E-state index contributed by atoms with van der Waals surface area (Å²) in [7, 11) is 0. The molecule has 76 valence electrons. The molecule has 0 radical (unpaired) electrons. The van der Waals surface area contributed by atoms with Gasteiger partial charge in [-0.05, 0) is 0 Å². The lowest BCUT2D eigenvalue weighted by Gasteiger charge is -2.25. The van der Waals surface area contributed by atoms with Crippen molar-refractivity contribution in [1.29, 1.82) is 0 Å². The fourth-order valence-electron chi connectivity index (χ4n) is 1.51. The van der Waals surface area contributed by atoms with Crippen molar-refractivity contribution in [3.8, 4) is 0 Å². The zero-order valence-electron chi connectivity index (χ0n) is 7.46. The Kier molecular flexibility index (Phi) is 3.23. The van der Waals surface area contributed by atoms with Crippen molar-refractivity contribution in [2.24, 2.45) is 0 Å². The van der Waals surface area contributed by atoms with E-state index < -0.39 is 0 Å². The first-order valence-corrected chi connectivity index (χ1v) is 5.14. The molecule has 1 aliphatic rings. The molecule has 2 rings (SSSR count). The largest absolute Gasteiger partial charge is 0.378 e. The Balaban J connectivity index is 2.29. The van der Waals surface area contributed by atoms with Crippen LogP contribution in [0, 0.1) is 0 Å². The molecule has 0 aromatic carbocycles. The third kappa shape index (κ3) is 2.01. The number of rotatable bonds is 1. The Labute approximate surface area is 92.4 Å². The second-order valence-corrected chi connectivity index (χ2v) is 3.91. The molecule has 0 saturated carbocycles. The zero-order valence-corrected chi connectivity index (χ0v) is 8.98. The molecule has 1 aromatic rings. The van der Waals surface area contributed by atoms with Crippen molar-refractivity contribution in [3.05, 3.63) is 28.0 Å². The molecule has 1 aliphatic heterocycles. The van der Waals surface area contributed by atoms with Crippen LogP contribution in [0.5, 0.6) is 0 Å². The Morgan fingerprint density at radius 3 is 2.64 bits per heavy atom. The number of hydrogen-bond acceptors (Lipinski definition) is 3. The van der Waals surface area contributed by atoms with E-state index in [-0.39, 0.29) is 6.04 Å². The third-order valence-electron chi connectivity index (χ3n) is 2.16. The van der Waals surface area contributed by atoms with Crippen molar-refractivity contribution < 1.29 is 4.74 Å². The summed E-state index contributed by atoms with van der Waals surface area (Å²) in [6, 6.07) is 0.0757. The summed E-state index contributed by atoms with van der Waals surface area (Å²) in [5.74, 6) is 0. The van der Waals surface area contributed by atoms with E-state index in [9.17, 15) is 0 Å². The van der Waals surface area contributed by atoms with E-state index in [4.69, 9.17) is 27.9 Å². The van der Waals surface area contributed by atoms with Crippen molar-refractivity contribution in [1.82, 2.24) is 10.3 Å². The molecule has 5 heteroatoms. The van der Waals surface area contributed by atoms with E-state index in [0.29, 0.717) is 16.7 Å². The fraction of sp³-hybridized carbons (Fsp3) is 0.444. The summed E-state index contributed by atoms with van der Waals surface area (Å²) in [5, 5.41) is 4.46. The van der Waals surface area contributed by atoms with E-state index >= 15 is 0 Å². The molecule has 14 heavy (non-hydrogen) atoms. The highest BCUT2D eigenvalue weighted by molar-refractivity contribution is 6.35. The molecular weight excluding hydrogens is 223 g/mol. The number of pyridine rings is 1. The minimum Gasteiger partial charge on any atom is -0.378 e. The lowest BCUT2D eigenvalue weighted by atomic mass is 10.1. The lowest BCUT2D eigenvalue weighted by Crippen LogP contribution is -2.34. The Morgan fingerprint density at radius 1 is 1.36 bits per heavy atom. The second kappa shape index (κ2) is 4.45. The third-order valence-corrected chi connectivity index (χ3v) is 2.76. The van der Waals surface area contributed by atoms with Gasteiger partial charge in [0.25, 0.3) is 0 Å². The Morgan fingerprint density at radius 2 is 2.07 bits per heavy atom. The SMILES string of the molecule is Clc1cncc(Cl)c1[C@H]1COCCN1. The number of morpholine rings is 1. The van der Waals surface area contributed by atoms with Gasteiger partial charge in [0.15, 0.2) is 0 Å². The molecule has 3 nitrogen and oxygen atoms in total. The van der Waals surface area contributed by atoms with Crippen LogP contribution in [0.15, 0.2) is 12.4 Å². The minimum atomic E-state index is 0.0757. The molecule has 0 aliphatic carbocycles. The first-order chi connectivity index (χ1) is 6.79. The summed E-state index contributed by atoms with van der Waals surface area (Å²) >= 11 is 12.0. The van der Waals surface area contributed by atoms with Crippen molar-refractivity contribution >= 4 is 23.2 Å². The number of hydrogen-bond donors (Lipinski definition) is 1. The molecular formula is C9H10Cl2N2O. The highest BCUT2D eigenvalue weighted by Crippen LogP contribution is 2.30. The summed E-state index contributed by atoms with van der Waals surface area (Å²) in [5.41, 5.74) is 0.878. The Bertz CT molecular complexity index is 306. The predicted molar refractivity (Wildman–Crippen MR) is 55.8 cm³/mol. The van der Waals surface area contributed by atoms with Crippen molar-refractivity contribution in [3.63, 3.8) is 0 Å². The molecule has 1 fully saturated rings. The van der Waals surface area contributed by atoms with Gasteiger partial charge in [0.1, 0.15) is 0 Å². The molecule has 0 unspecified atom stereocenters. The van der Waals surface area contributed by atoms with Gasteiger partial charge in [-0.2, -0.15) is 0 Å². The van der Waals surface area contributed by atoms with Gasteiger partial charge in [0, 0.05) is 24.5 Å². The molecule has 0 amide bonds. The topological polar surface area (TPSA) is 34.1 Å². The van der Waals surface area contributed by atoms with Gasteiger partial charge in [-0.25, -0.2) is 0 Å². The number of ether oxygens (including phenoxy) is 1. The first kappa shape index (κ1) is 10.2. The highest BCUT2D eigenvalue weighted by atomic mass is 35.5. The van der Waals surface area contributed by atoms with Crippen LogP contribution < -0.4 is 5.32 Å². The van der Waals surface area contributed by atoms with Crippen LogP contribution in [0.4, 0.5) is 0 Å². The molecule has 1 aromatic heterocycles. The molecule has 0 spiro atoms. The number of nitrogens with one attached hydrogen (secondary N) is 1. The monoisotopic (exact) mass is 232 g/mol. The smallest absolute Gasteiger partial charge is 0.0663 e. The van der Waals surface area contributed by atoms with Crippen molar-refractivity contribution in [2.45, 2.75) is 6.04 Å². The van der Waals surface area contributed by atoms with E-state index in [0.717, 1.165) is 18.7 Å². The average Bonchev–Trinajstić information content (AvgIpc) is 2.19. The van der Waals surface area contributed by atoms with Crippen molar-refractivity contribution in [2.75, 3.05) is 19.8 Å². The molecule has 1 saturated heterocycles. The van der Waals surface area contributed by atoms with Crippen LogP contribution in [0.3, 0.4) is 0 Å². The van der Waals surface area contributed by atoms with Gasteiger partial charge in [-0.15, -0.1) is 0 Å². The quantitative estimate of drug-likeness (QED) is 0.805. The number of aromatic nitrogens is 1. The lowest BCUT2D eigenvalue weighted by molar-refractivity contribution is 0.0769. The van der Waals surface area contributed by atoms with Crippen LogP contribution in [-0.4, -0.2) is 24.7 Å². The van der Waals surface area contributed by atoms with E-state index in [1.54, 1.807) is 12.4 Å². The predicted octanol–water partition coefficient (Wildman–Crippen LogP) is 2.05. The van der Waals surface area contributed by atoms with Gasteiger partial charge >= 0.3 is 0 Å². The maximum atomic E-state index is 6.02. The second-order valence-electron chi connectivity index (χ2n) is 3.10. The standard InChI is InChI=1S/C9H10Cl2N2O/c10-6-3-12-4-7(11)9(6)8-5-14-2-1-13-8/h3-4,8,13H,1-2,5H2/t8-/m1/s1. The van der Waals surface area contributed by atoms with Crippen LogP contribution in [0.2, 0.25) is 10.0 Å². The number of nitrogens with zero attached hydrogens (tertiary/aromatic N) is 1. The van der Waals surface area contributed by atoms with E-state index in [2.05, 4.69) is 10.3 Å². The number of halogens is 2. The van der Waals surface area contributed by atoms with E-state index in [1.165, 1.54) is 0 Å². The van der Waals surface area contributed by atoms with Gasteiger partial charge in [0.2, 0.25) is 0 Å². The van der Waals surface area contributed by atoms with Crippen LogP contribution in [0.25, 0.3) is 0 Å². The van der Waals surface area contributed by atoms with Gasteiger partial charge < -0.3 is 10.1 Å². The van der Waals surface area contributed by atoms with Crippen LogP contribution in [-0.2, 0) is 4.74 Å². The average molecular weight is 233 g/mol. The summed E-state index contributed by atoms with van der Waals surface area (Å²) < 4.78 is 5.35. The fourth-order valence-corrected chi connectivity index (χ4v) is 2.13.